The molecule has 0 aliphatic carbocycles. The number of esters is 1. The third-order valence-corrected chi connectivity index (χ3v) is 5.04. The van der Waals surface area contributed by atoms with Crippen molar-refractivity contribution in [2.75, 3.05) is 13.4 Å². The molecule has 7 heteroatoms. The molecule has 0 spiro atoms. The van der Waals surface area contributed by atoms with Gasteiger partial charge in [-0.1, -0.05) is 40.2 Å². The van der Waals surface area contributed by atoms with Crippen LogP contribution in [0.4, 0.5) is 0 Å². The Labute approximate surface area is 156 Å². The molecule has 2 aromatic carbocycles. The minimum Gasteiger partial charge on any atom is -0.489 e. The Morgan fingerprint density at radius 1 is 1.12 bits per heavy atom. The minimum atomic E-state index is -3.09. The first kappa shape index (κ1) is 19.5. The highest BCUT2D eigenvalue weighted by Gasteiger charge is 2.09. The van der Waals surface area contributed by atoms with Crippen molar-refractivity contribution in [1.29, 1.82) is 0 Å². The molecule has 0 atom stereocenters. The lowest BCUT2D eigenvalue weighted by atomic mass is 10.1. The molecule has 25 heavy (non-hydrogen) atoms. The van der Waals surface area contributed by atoms with E-state index in [1.54, 1.807) is 24.3 Å². The highest BCUT2D eigenvalue weighted by atomic mass is 79.9. The lowest BCUT2D eigenvalue weighted by Crippen LogP contribution is -2.06. The summed E-state index contributed by atoms with van der Waals surface area (Å²) in [4.78, 5) is 11.4. The fraction of sp³-hybridized carbons (Fsp3) is 0.278. The second-order valence-corrected chi connectivity index (χ2v) is 8.68. The quantitative estimate of drug-likeness (QED) is 0.635. The average Bonchev–Trinajstić information content (AvgIpc) is 2.54. The van der Waals surface area contributed by atoms with E-state index in [0.717, 1.165) is 15.6 Å². The summed E-state index contributed by atoms with van der Waals surface area (Å²) in [5.41, 5.74) is 2.40. The van der Waals surface area contributed by atoms with E-state index in [-0.39, 0.29) is 24.7 Å². The molecule has 0 bridgehead atoms. The number of ether oxygens (including phenoxy) is 2. The third-order valence-electron chi connectivity index (χ3n) is 3.41. The van der Waals surface area contributed by atoms with Gasteiger partial charge in [-0.15, -0.1) is 0 Å². The van der Waals surface area contributed by atoms with Gasteiger partial charge in [0.15, 0.2) is 9.84 Å². The van der Waals surface area contributed by atoms with Crippen molar-refractivity contribution < 1.29 is 22.7 Å². The van der Waals surface area contributed by atoms with Crippen LogP contribution in [0, 0.1) is 0 Å². The van der Waals surface area contributed by atoms with Crippen LogP contribution < -0.4 is 4.74 Å². The van der Waals surface area contributed by atoms with Crippen LogP contribution in [0.15, 0.2) is 46.9 Å². The number of hydrogen-bond donors (Lipinski definition) is 0. The van der Waals surface area contributed by atoms with Gasteiger partial charge in [-0.25, -0.2) is 8.42 Å². The van der Waals surface area contributed by atoms with Crippen molar-refractivity contribution in [3.05, 3.63) is 63.6 Å². The molecule has 2 rings (SSSR count). The lowest BCUT2D eigenvalue weighted by molar-refractivity contribution is -0.139. The van der Waals surface area contributed by atoms with Crippen LogP contribution in [0.3, 0.4) is 0 Å². The van der Waals surface area contributed by atoms with Gasteiger partial charge >= 0.3 is 5.97 Å². The SMILES string of the molecule is COC(=O)Cc1ccc(Br)c(COc2cccc(CS(C)(=O)=O)c2)c1. The number of rotatable bonds is 7. The van der Waals surface area contributed by atoms with Gasteiger partial charge in [-0.05, 0) is 29.3 Å². The van der Waals surface area contributed by atoms with Crippen molar-refractivity contribution in [2.24, 2.45) is 0 Å². The van der Waals surface area contributed by atoms with E-state index in [2.05, 4.69) is 20.7 Å². The maximum atomic E-state index is 11.4. The van der Waals surface area contributed by atoms with E-state index in [1.807, 2.05) is 18.2 Å². The predicted octanol–water partition coefficient (Wildman–Crippen LogP) is 3.29. The lowest BCUT2D eigenvalue weighted by Gasteiger charge is -2.11. The molecule has 5 nitrogen and oxygen atoms in total. The molecule has 0 unspecified atom stereocenters. The molecule has 0 saturated carbocycles. The van der Waals surface area contributed by atoms with E-state index in [9.17, 15) is 13.2 Å². The molecule has 0 aromatic heterocycles. The molecule has 134 valence electrons. The van der Waals surface area contributed by atoms with E-state index in [0.29, 0.717) is 11.3 Å². The van der Waals surface area contributed by atoms with E-state index in [1.165, 1.54) is 13.4 Å². The van der Waals surface area contributed by atoms with Crippen molar-refractivity contribution >= 4 is 31.7 Å². The van der Waals surface area contributed by atoms with Gasteiger partial charge in [-0.2, -0.15) is 0 Å². The first-order valence-electron chi connectivity index (χ1n) is 7.50. The average molecular weight is 427 g/mol. The number of hydrogen-bond acceptors (Lipinski definition) is 5. The zero-order valence-corrected chi connectivity index (χ0v) is 16.4. The fourth-order valence-electron chi connectivity index (χ4n) is 2.28. The van der Waals surface area contributed by atoms with Crippen molar-refractivity contribution in [3.8, 4) is 5.75 Å². The Kier molecular flexibility index (Phi) is 6.61. The number of halogens is 1. The zero-order valence-electron chi connectivity index (χ0n) is 14.0. The summed E-state index contributed by atoms with van der Waals surface area (Å²) >= 11 is 3.47. The van der Waals surface area contributed by atoms with Gasteiger partial charge in [0.1, 0.15) is 12.4 Å². The van der Waals surface area contributed by atoms with Gasteiger partial charge in [-0.3, -0.25) is 4.79 Å². The second kappa shape index (κ2) is 8.49. The molecule has 0 heterocycles. The van der Waals surface area contributed by atoms with Crippen LogP contribution in [0.5, 0.6) is 5.75 Å². The van der Waals surface area contributed by atoms with Gasteiger partial charge in [0, 0.05) is 16.3 Å². The summed E-state index contributed by atoms with van der Waals surface area (Å²) < 4.78 is 34.1. The molecule has 0 amide bonds. The summed E-state index contributed by atoms with van der Waals surface area (Å²) in [5.74, 6) is 0.261. The summed E-state index contributed by atoms with van der Waals surface area (Å²) in [5, 5.41) is 0. The standard InChI is InChI=1S/C18H19BrO5S/c1-23-18(20)10-13-6-7-17(19)15(8-13)11-24-16-5-3-4-14(9-16)12-25(2,21)22/h3-9H,10-12H2,1-2H3. The third kappa shape index (κ3) is 6.51. The molecule has 0 aliphatic heterocycles. The van der Waals surface area contributed by atoms with Gasteiger partial charge < -0.3 is 9.47 Å². The van der Waals surface area contributed by atoms with Crippen molar-refractivity contribution in [3.63, 3.8) is 0 Å². The van der Waals surface area contributed by atoms with Crippen LogP contribution in [0.2, 0.25) is 0 Å². The maximum Gasteiger partial charge on any atom is 0.309 e. The molecule has 0 fully saturated rings. The number of sulfone groups is 1. The van der Waals surface area contributed by atoms with Crippen molar-refractivity contribution in [1.82, 2.24) is 0 Å². The Hall–Kier alpha value is -1.86. The van der Waals surface area contributed by atoms with Crippen LogP contribution in [0.1, 0.15) is 16.7 Å². The molecular formula is C18H19BrO5S. The second-order valence-electron chi connectivity index (χ2n) is 5.68. The summed E-state index contributed by atoms with van der Waals surface area (Å²) in [6.45, 7) is 0.290. The molecule has 2 aromatic rings. The summed E-state index contributed by atoms with van der Waals surface area (Å²) in [6, 6.07) is 12.6. The molecule has 0 aliphatic rings. The number of methoxy groups -OCH3 is 1. The zero-order chi connectivity index (χ0) is 18.4. The van der Waals surface area contributed by atoms with Gasteiger partial charge in [0.25, 0.3) is 0 Å². The number of benzene rings is 2. The number of carbonyl (C=O) groups excluding carboxylic acids is 1. The van der Waals surface area contributed by atoms with E-state index < -0.39 is 9.84 Å². The minimum absolute atomic E-state index is 0.0253. The van der Waals surface area contributed by atoms with Gasteiger partial charge in [0.2, 0.25) is 0 Å². The van der Waals surface area contributed by atoms with Gasteiger partial charge in [0.05, 0.1) is 19.3 Å². The molecule has 0 saturated heterocycles. The molecule has 0 N–H and O–H groups in total. The predicted molar refractivity (Wildman–Crippen MR) is 99.2 cm³/mol. The molecule has 0 radical (unpaired) electrons. The van der Waals surface area contributed by atoms with Crippen LogP contribution in [-0.4, -0.2) is 27.8 Å². The normalized spacial score (nSPS) is 11.2. The Morgan fingerprint density at radius 3 is 2.56 bits per heavy atom. The maximum absolute atomic E-state index is 11.4. The van der Waals surface area contributed by atoms with E-state index in [4.69, 9.17) is 4.74 Å². The highest BCUT2D eigenvalue weighted by Crippen LogP contribution is 2.22. The Balaban J connectivity index is 2.09. The summed E-state index contributed by atoms with van der Waals surface area (Å²) in [7, 11) is -1.74. The molecular weight excluding hydrogens is 408 g/mol. The topological polar surface area (TPSA) is 69.7 Å². The Bertz CT molecular complexity index is 862. The smallest absolute Gasteiger partial charge is 0.309 e. The first-order chi connectivity index (χ1) is 11.8. The monoisotopic (exact) mass is 426 g/mol. The fourth-order valence-corrected chi connectivity index (χ4v) is 3.42. The van der Waals surface area contributed by atoms with Crippen LogP contribution in [0.25, 0.3) is 0 Å². The number of carbonyl (C=O) groups is 1. The van der Waals surface area contributed by atoms with Crippen LogP contribution in [-0.2, 0) is 38.1 Å². The summed E-state index contributed by atoms with van der Waals surface area (Å²) in [6.07, 6.45) is 1.39. The first-order valence-corrected chi connectivity index (χ1v) is 10.4. The largest absolute Gasteiger partial charge is 0.489 e. The highest BCUT2D eigenvalue weighted by molar-refractivity contribution is 9.10. The van der Waals surface area contributed by atoms with Crippen molar-refractivity contribution in [2.45, 2.75) is 18.8 Å². The Morgan fingerprint density at radius 2 is 1.88 bits per heavy atom. The van der Waals surface area contributed by atoms with E-state index >= 15 is 0 Å². The van der Waals surface area contributed by atoms with Crippen LogP contribution >= 0.6 is 15.9 Å².